The molecule has 174 valence electrons. The number of anilines is 1. The molecular formula is C23H26N4O4S2. The molecule has 10 heteroatoms. The van der Waals surface area contributed by atoms with E-state index in [1.54, 1.807) is 56.8 Å². The second-order valence-electron chi connectivity index (χ2n) is 7.54. The van der Waals surface area contributed by atoms with Crippen LogP contribution in [-0.2, 0) is 16.4 Å². The van der Waals surface area contributed by atoms with Crippen molar-refractivity contribution in [3.05, 3.63) is 69.2 Å². The molecule has 0 aliphatic rings. The normalized spacial score (nSPS) is 12.6. The number of aromatic nitrogens is 1. The van der Waals surface area contributed by atoms with E-state index in [0.717, 1.165) is 17.5 Å². The molecule has 3 N–H and O–H groups in total. The molecule has 0 radical (unpaired) electrons. The molecule has 1 aromatic heterocycles. The second-order valence-corrected chi connectivity index (χ2v) is 10.0. The summed E-state index contributed by atoms with van der Waals surface area (Å²) >= 11 is 1.26. The summed E-state index contributed by atoms with van der Waals surface area (Å²) in [6.45, 7) is 5.26. The summed E-state index contributed by atoms with van der Waals surface area (Å²) in [6.07, 6.45) is 3.04. The Morgan fingerprint density at radius 2 is 2.03 bits per heavy atom. The van der Waals surface area contributed by atoms with Crippen LogP contribution in [0.15, 0.2) is 51.2 Å². The number of carbonyl (C=O) groups excluding carboxylic acids is 1. The van der Waals surface area contributed by atoms with E-state index < -0.39 is 16.1 Å². The number of ketones is 1. The number of nitrogens with one attached hydrogen (secondary N) is 1. The van der Waals surface area contributed by atoms with Crippen LogP contribution in [0.3, 0.4) is 0 Å². The van der Waals surface area contributed by atoms with Gasteiger partial charge < -0.3 is 15.8 Å². The summed E-state index contributed by atoms with van der Waals surface area (Å²) in [7, 11) is -2.37. The van der Waals surface area contributed by atoms with Gasteiger partial charge in [0.15, 0.2) is 5.01 Å². The fraction of sp³-hybridized carbons (Fsp3) is 0.261. The van der Waals surface area contributed by atoms with Gasteiger partial charge in [-0.1, -0.05) is 12.1 Å². The smallest absolute Gasteiger partial charge is 0.284 e. The summed E-state index contributed by atoms with van der Waals surface area (Å²) in [4.78, 5) is 16.5. The molecule has 0 unspecified atom stereocenters. The molecule has 8 nitrogen and oxygen atoms in total. The highest BCUT2D eigenvalue weighted by atomic mass is 32.2. The van der Waals surface area contributed by atoms with Gasteiger partial charge in [-0.3, -0.25) is 4.79 Å². The Morgan fingerprint density at radius 1 is 1.27 bits per heavy atom. The maximum Gasteiger partial charge on any atom is 0.284 e. The topological polar surface area (TPSA) is 124 Å². The molecular weight excluding hydrogens is 460 g/mol. The first-order valence-electron chi connectivity index (χ1n) is 10.1. The van der Waals surface area contributed by atoms with E-state index in [1.807, 2.05) is 13.0 Å². The molecule has 1 heterocycles. The summed E-state index contributed by atoms with van der Waals surface area (Å²) in [6, 6.07) is 8.18. The predicted octanol–water partition coefficient (Wildman–Crippen LogP) is 3.66. The second kappa shape index (κ2) is 10.2. The van der Waals surface area contributed by atoms with Crippen molar-refractivity contribution in [3.8, 4) is 5.75 Å². The van der Waals surface area contributed by atoms with Gasteiger partial charge in [0.1, 0.15) is 12.1 Å². The fourth-order valence-electron chi connectivity index (χ4n) is 3.49. The Morgan fingerprint density at radius 3 is 2.70 bits per heavy atom. The third kappa shape index (κ3) is 5.65. The third-order valence-corrected chi connectivity index (χ3v) is 7.56. The van der Waals surface area contributed by atoms with Crippen LogP contribution in [0.1, 0.15) is 32.1 Å². The largest absolute Gasteiger partial charge is 0.496 e. The van der Waals surface area contributed by atoms with Crippen molar-refractivity contribution in [2.75, 3.05) is 12.4 Å². The first-order valence-corrected chi connectivity index (χ1v) is 12.4. The molecule has 0 spiro atoms. The summed E-state index contributed by atoms with van der Waals surface area (Å²) < 4.78 is 34.9. The average Bonchev–Trinajstić information content (AvgIpc) is 3.30. The van der Waals surface area contributed by atoms with Crippen LogP contribution in [0, 0.1) is 20.8 Å². The average molecular weight is 487 g/mol. The van der Waals surface area contributed by atoms with Crippen molar-refractivity contribution in [2.45, 2.75) is 38.1 Å². The number of nitrogens with zero attached hydrogens (tertiary/aromatic N) is 2. The van der Waals surface area contributed by atoms with Crippen LogP contribution < -0.4 is 15.8 Å². The molecule has 0 aliphatic carbocycles. The van der Waals surface area contributed by atoms with Crippen molar-refractivity contribution in [2.24, 2.45) is 10.1 Å². The summed E-state index contributed by atoms with van der Waals surface area (Å²) in [5.74, 6) is 0.422. The number of hydrogen-bond donors (Lipinski definition) is 2. The highest BCUT2D eigenvalue weighted by Gasteiger charge is 2.22. The SMILES string of the molecule is COc1cc(C)c(S(=O)(=O)N=CNc2cccc(C[C@@H](N)C(=O)c3nccs3)c2)c(C)c1C. The molecule has 3 aromatic rings. The van der Waals surface area contributed by atoms with Gasteiger partial charge in [0.2, 0.25) is 5.78 Å². The number of hydrogen-bond acceptors (Lipinski definition) is 7. The number of sulfonamides is 1. The zero-order chi connectivity index (χ0) is 24.2. The van der Waals surface area contributed by atoms with E-state index in [2.05, 4.69) is 14.7 Å². The number of nitrogens with two attached hydrogens (primary N) is 1. The zero-order valence-electron chi connectivity index (χ0n) is 18.8. The van der Waals surface area contributed by atoms with Gasteiger partial charge in [-0.25, -0.2) is 4.98 Å². The first-order chi connectivity index (χ1) is 15.6. The van der Waals surface area contributed by atoms with E-state index >= 15 is 0 Å². The molecule has 2 aromatic carbocycles. The van der Waals surface area contributed by atoms with Crippen molar-refractivity contribution in [3.63, 3.8) is 0 Å². The van der Waals surface area contributed by atoms with Crippen LogP contribution in [0.5, 0.6) is 5.75 Å². The van der Waals surface area contributed by atoms with Gasteiger partial charge >= 0.3 is 0 Å². The van der Waals surface area contributed by atoms with Gasteiger partial charge in [0, 0.05) is 17.3 Å². The molecule has 33 heavy (non-hydrogen) atoms. The standard InChI is InChI=1S/C23H26N4O4S2/c1-14-10-20(31-4)15(2)16(3)22(14)33(29,30)27-13-26-18-7-5-6-17(11-18)12-19(24)21(28)23-25-8-9-32-23/h5-11,13,19H,12,24H2,1-4H3,(H,26,27)/t19-/m1/s1. The number of benzene rings is 2. The van der Waals surface area contributed by atoms with Crippen LogP contribution >= 0.6 is 11.3 Å². The molecule has 0 aliphatic heterocycles. The number of carbonyl (C=O) groups is 1. The van der Waals surface area contributed by atoms with E-state index in [4.69, 9.17) is 10.5 Å². The Labute approximate surface area is 197 Å². The van der Waals surface area contributed by atoms with Gasteiger partial charge in [-0.15, -0.1) is 15.7 Å². The lowest BCUT2D eigenvalue weighted by Gasteiger charge is -2.14. The predicted molar refractivity (Wildman–Crippen MR) is 131 cm³/mol. The molecule has 0 saturated carbocycles. The highest BCUT2D eigenvalue weighted by molar-refractivity contribution is 7.90. The van der Waals surface area contributed by atoms with E-state index in [-0.39, 0.29) is 10.7 Å². The minimum absolute atomic E-state index is 0.166. The Bertz CT molecular complexity index is 1290. The Kier molecular flexibility index (Phi) is 7.62. The quantitative estimate of drug-likeness (QED) is 0.269. The summed E-state index contributed by atoms with van der Waals surface area (Å²) in [5, 5.41) is 5.00. The lowest BCUT2D eigenvalue weighted by molar-refractivity contribution is 0.0960. The molecule has 0 fully saturated rings. The lowest BCUT2D eigenvalue weighted by atomic mass is 10.0. The summed E-state index contributed by atoms with van der Waals surface area (Å²) in [5.41, 5.74) is 9.42. The maximum atomic E-state index is 12.9. The van der Waals surface area contributed by atoms with Crippen molar-refractivity contribution in [1.82, 2.24) is 4.98 Å². The zero-order valence-corrected chi connectivity index (χ0v) is 20.5. The van der Waals surface area contributed by atoms with Crippen LogP contribution in [0.25, 0.3) is 0 Å². The number of rotatable bonds is 9. The van der Waals surface area contributed by atoms with Gasteiger partial charge in [-0.05, 0) is 67.6 Å². The van der Waals surface area contributed by atoms with Gasteiger partial charge in [0.25, 0.3) is 10.0 Å². The number of aryl methyl sites for hydroxylation is 1. The number of methoxy groups -OCH3 is 1. The van der Waals surface area contributed by atoms with Gasteiger partial charge in [0.05, 0.1) is 18.0 Å². The van der Waals surface area contributed by atoms with Gasteiger partial charge in [-0.2, -0.15) is 8.42 Å². The number of Topliss-reactive ketones (excluding diaryl/α,β-unsaturated/α-hetero) is 1. The Balaban J connectivity index is 1.73. The number of thiazole rings is 1. The molecule has 0 bridgehead atoms. The highest BCUT2D eigenvalue weighted by Crippen LogP contribution is 2.31. The van der Waals surface area contributed by atoms with Crippen LogP contribution in [-0.4, -0.2) is 38.7 Å². The Hall–Kier alpha value is -3.08. The minimum atomic E-state index is -3.92. The first kappa shape index (κ1) is 24.6. The molecule has 0 saturated heterocycles. The van der Waals surface area contributed by atoms with Crippen molar-refractivity contribution >= 4 is 39.2 Å². The van der Waals surface area contributed by atoms with Crippen molar-refractivity contribution < 1.29 is 17.9 Å². The fourth-order valence-corrected chi connectivity index (χ4v) is 5.43. The third-order valence-electron chi connectivity index (χ3n) is 5.24. The molecule has 1 atom stereocenters. The van der Waals surface area contributed by atoms with E-state index in [0.29, 0.717) is 34.0 Å². The number of ether oxygens (including phenoxy) is 1. The monoisotopic (exact) mass is 486 g/mol. The van der Waals surface area contributed by atoms with E-state index in [1.165, 1.54) is 11.3 Å². The van der Waals surface area contributed by atoms with Crippen LogP contribution in [0.2, 0.25) is 0 Å². The lowest BCUT2D eigenvalue weighted by Crippen LogP contribution is -2.32. The maximum absolute atomic E-state index is 12.9. The molecule has 0 amide bonds. The molecule has 3 rings (SSSR count). The van der Waals surface area contributed by atoms with E-state index in [9.17, 15) is 13.2 Å². The van der Waals surface area contributed by atoms with Crippen molar-refractivity contribution in [1.29, 1.82) is 0 Å². The minimum Gasteiger partial charge on any atom is -0.496 e. The van der Waals surface area contributed by atoms with Crippen LogP contribution in [0.4, 0.5) is 5.69 Å².